The summed E-state index contributed by atoms with van der Waals surface area (Å²) >= 11 is 4.79. The fraction of sp³-hybridized carbons (Fsp3) is 0.467. The molecule has 2 rings (SSSR count). The van der Waals surface area contributed by atoms with E-state index in [4.69, 9.17) is 16.3 Å². The van der Waals surface area contributed by atoms with Crippen LogP contribution in [0, 0.1) is 0 Å². The maximum Gasteiger partial charge on any atom is 0.237 e. The van der Waals surface area contributed by atoms with Crippen molar-refractivity contribution >= 4 is 34.0 Å². The molecule has 1 N–H and O–H groups in total. The minimum Gasteiger partial charge on any atom is -0.598 e. The number of hydrogen-bond acceptors (Lipinski definition) is 5. The molecule has 1 unspecified atom stereocenters. The largest absolute Gasteiger partial charge is 0.598 e. The first-order valence-corrected chi connectivity index (χ1v) is 8.44. The summed E-state index contributed by atoms with van der Waals surface area (Å²) in [7, 11) is 1.54. The third-order valence-electron chi connectivity index (χ3n) is 3.06. The Labute approximate surface area is 138 Å². The van der Waals surface area contributed by atoms with Crippen molar-refractivity contribution in [2.24, 2.45) is 0 Å². The van der Waals surface area contributed by atoms with Gasteiger partial charge >= 0.3 is 0 Å². The monoisotopic (exact) mass is 341 g/mol. The Morgan fingerprint density at radius 2 is 1.95 bits per heavy atom. The van der Waals surface area contributed by atoms with Crippen LogP contribution in [0.3, 0.4) is 0 Å². The van der Waals surface area contributed by atoms with Gasteiger partial charge in [0.15, 0.2) is 0 Å². The van der Waals surface area contributed by atoms with Gasteiger partial charge in [0.25, 0.3) is 0 Å². The molecule has 2 aromatic rings. The van der Waals surface area contributed by atoms with E-state index in [1.807, 2.05) is 27.7 Å². The lowest BCUT2D eigenvalue weighted by Gasteiger charge is -2.26. The molecule has 0 amide bonds. The first kappa shape index (κ1) is 17.3. The van der Waals surface area contributed by atoms with Gasteiger partial charge in [0.2, 0.25) is 5.88 Å². The minimum atomic E-state index is -1.22. The van der Waals surface area contributed by atoms with E-state index in [0.717, 1.165) is 0 Å². The highest BCUT2D eigenvalue weighted by Gasteiger charge is 2.30. The maximum absolute atomic E-state index is 12.3. The van der Waals surface area contributed by atoms with Gasteiger partial charge in [-0.25, -0.2) is 9.97 Å². The lowest BCUT2D eigenvalue weighted by atomic mass is 10.2. The molecule has 0 spiro atoms. The SMILES string of the molecule is COc1nc2ccc(Cl)cc2nc1[C@H](C)N[S+]([O-])C(C)(C)C. The normalized spacial score (nSPS) is 14.9. The smallest absolute Gasteiger partial charge is 0.237 e. The number of hydrogen-bond donors (Lipinski definition) is 1. The number of nitrogens with zero attached hydrogens (tertiary/aromatic N) is 2. The molecule has 22 heavy (non-hydrogen) atoms. The van der Waals surface area contributed by atoms with Crippen LogP contribution in [-0.4, -0.2) is 26.4 Å². The highest BCUT2D eigenvalue weighted by molar-refractivity contribution is 7.90. The molecule has 0 fully saturated rings. The van der Waals surface area contributed by atoms with Gasteiger partial charge < -0.3 is 9.29 Å². The van der Waals surface area contributed by atoms with Crippen molar-refractivity contribution in [2.45, 2.75) is 38.5 Å². The molecule has 120 valence electrons. The fourth-order valence-corrected chi connectivity index (χ4v) is 2.80. The van der Waals surface area contributed by atoms with Crippen LogP contribution in [0.15, 0.2) is 18.2 Å². The first-order chi connectivity index (χ1) is 10.2. The summed E-state index contributed by atoms with van der Waals surface area (Å²) in [5.74, 6) is 0.417. The molecule has 0 aliphatic heterocycles. The van der Waals surface area contributed by atoms with Crippen LogP contribution in [0.1, 0.15) is 39.4 Å². The van der Waals surface area contributed by atoms with Crippen molar-refractivity contribution in [3.63, 3.8) is 0 Å². The van der Waals surface area contributed by atoms with E-state index in [-0.39, 0.29) is 10.8 Å². The Morgan fingerprint density at radius 1 is 1.27 bits per heavy atom. The minimum absolute atomic E-state index is 0.272. The lowest BCUT2D eigenvalue weighted by Crippen LogP contribution is -2.40. The van der Waals surface area contributed by atoms with Crippen molar-refractivity contribution in [1.29, 1.82) is 0 Å². The summed E-state index contributed by atoms with van der Waals surface area (Å²) in [6, 6.07) is 5.03. The van der Waals surface area contributed by atoms with E-state index in [1.165, 1.54) is 0 Å². The summed E-state index contributed by atoms with van der Waals surface area (Å²) in [5, 5.41) is 0.594. The van der Waals surface area contributed by atoms with Gasteiger partial charge in [-0.1, -0.05) is 11.6 Å². The van der Waals surface area contributed by atoms with E-state index in [0.29, 0.717) is 27.6 Å². The predicted molar refractivity (Wildman–Crippen MR) is 90.5 cm³/mol. The number of fused-ring (bicyclic) bond motifs is 1. The van der Waals surface area contributed by atoms with Crippen molar-refractivity contribution in [3.8, 4) is 5.88 Å². The molecular weight excluding hydrogens is 322 g/mol. The molecule has 5 nitrogen and oxygen atoms in total. The number of aromatic nitrogens is 2. The lowest BCUT2D eigenvalue weighted by molar-refractivity contribution is 0.386. The Balaban J connectivity index is 2.40. The Morgan fingerprint density at radius 3 is 2.55 bits per heavy atom. The van der Waals surface area contributed by atoms with E-state index in [2.05, 4.69) is 14.7 Å². The quantitative estimate of drug-likeness (QED) is 0.863. The molecule has 2 atom stereocenters. The highest BCUT2D eigenvalue weighted by atomic mass is 35.5. The van der Waals surface area contributed by atoms with E-state index in [9.17, 15) is 4.55 Å². The molecule has 7 heteroatoms. The number of methoxy groups -OCH3 is 1. The van der Waals surface area contributed by atoms with Crippen LogP contribution < -0.4 is 9.46 Å². The standard InChI is InChI=1S/C15H20ClN3O2S/c1-9(19-22(20)15(2,3)4)13-14(21-5)18-11-7-6-10(16)8-12(11)17-13/h6-9,19H,1-5H3/t9-,22?/m0/s1. The van der Waals surface area contributed by atoms with Crippen LogP contribution >= 0.6 is 11.6 Å². The van der Waals surface area contributed by atoms with Crippen LogP contribution in [0.4, 0.5) is 0 Å². The number of rotatable bonds is 4. The molecule has 1 heterocycles. The van der Waals surface area contributed by atoms with Gasteiger partial charge in [-0.15, -0.1) is 4.72 Å². The van der Waals surface area contributed by atoms with Gasteiger partial charge in [-0.05, 0) is 45.9 Å². The Hall–Kier alpha value is -1.08. The molecule has 0 saturated carbocycles. The summed E-state index contributed by atoms with van der Waals surface area (Å²) in [4.78, 5) is 9.02. The molecule has 1 aromatic carbocycles. The fourth-order valence-electron chi connectivity index (χ4n) is 1.85. The Kier molecular flexibility index (Phi) is 5.17. The Bertz CT molecular complexity index is 676. The molecule has 1 aromatic heterocycles. The summed E-state index contributed by atoms with van der Waals surface area (Å²) in [5.41, 5.74) is 1.99. The molecule has 0 radical (unpaired) electrons. The molecule has 0 aliphatic carbocycles. The summed E-state index contributed by atoms with van der Waals surface area (Å²) in [6.45, 7) is 7.61. The average molecular weight is 342 g/mol. The molecule has 0 bridgehead atoms. The van der Waals surface area contributed by atoms with Crippen LogP contribution in [-0.2, 0) is 11.4 Å². The van der Waals surface area contributed by atoms with Crippen molar-refractivity contribution in [1.82, 2.24) is 14.7 Å². The van der Waals surface area contributed by atoms with Crippen LogP contribution in [0.2, 0.25) is 5.02 Å². The van der Waals surface area contributed by atoms with Gasteiger partial charge in [0.1, 0.15) is 10.4 Å². The molecular formula is C15H20ClN3O2S. The van der Waals surface area contributed by atoms with E-state index in [1.54, 1.807) is 25.3 Å². The molecule has 0 saturated heterocycles. The van der Waals surface area contributed by atoms with Crippen LogP contribution in [0.25, 0.3) is 11.0 Å². The number of benzene rings is 1. The first-order valence-electron chi connectivity index (χ1n) is 6.91. The third kappa shape index (κ3) is 3.81. The van der Waals surface area contributed by atoms with Gasteiger partial charge in [-0.2, -0.15) is 0 Å². The zero-order valence-electron chi connectivity index (χ0n) is 13.3. The van der Waals surface area contributed by atoms with Gasteiger partial charge in [0, 0.05) is 16.4 Å². The third-order valence-corrected chi connectivity index (χ3v) is 4.98. The van der Waals surface area contributed by atoms with Crippen LogP contribution in [0.5, 0.6) is 5.88 Å². The highest BCUT2D eigenvalue weighted by Crippen LogP contribution is 2.27. The topological polar surface area (TPSA) is 70.1 Å². The number of nitrogens with one attached hydrogen (secondary N) is 1. The maximum atomic E-state index is 12.3. The number of ether oxygens (including phenoxy) is 1. The second-order valence-corrected chi connectivity index (χ2v) is 8.41. The zero-order valence-corrected chi connectivity index (χ0v) is 14.9. The molecule has 0 aliphatic rings. The summed E-state index contributed by atoms with van der Waals surface area (Å²) < 4.78 is 20.3. The van der Waals surface area contributed by atoms with Gasteiger partial charge in [-0.3, -0.25) is 0 Å². The average Bonchev–Trinajstić information content (AvgIpc) is 2.44. The van der Waals surface area contributed by atoms with Crippen molar-refractivity contribution in [2.75, 3.05) is 7.11 Å². The van der Waals surface area contributed by atoms with Crippen molar-refractivity contribution < 1.29 is 9.29 Å². The van der Waals surface area contributed by atoms with Crippen molar-refractivity contribution in [3.05, 3.63) is 28.9 Å². The van der Waals surface area contributed by atoms with E-state index >= 15 is 0 Å². The number of halogens is 1. The zero-order chi connectivity index (χ0) is 16.5. The second kappa shape index (κ2) is 6.58. The second-order valence-electron chi connectivity index (χ2n) is 5.97. The summed E-state index contributed by atoms with van der Waals surface area (Å²) in [6.07, 6.45) is 0. The van der Waals surface area contributed by atoms with E-state index < -0.39 is 11.4 Å². The predicted octanol–water partition coefficient (Wildman–Crippen LogP) is 3.40. The van der Waals surface area contributed by atoms with Gasteiger partial charge in [0.05, 0.1) is 24.2 Å².